The maximum Gasteiger partial charge on any atom is 0.224 e. The Bertz CT molecular complexity index is 843. The molecule has 1 aliphatic heterocycles. The van der Waals surface area contributed by atoms with E-state index >= 15 is 0 Å². The van der Waals surface area contributed by atoms with Crippen molar-refractivity contribution in [1.82, 2.24) is 15.1 Å². The largest absolute Gasteiger partial charge is 0.486 e. The van der Waals surface area contributed by atoms with Crippen LogP contribution in [0.3, 0.4) is 0 Å². The van der Waals surface area contributed by atoms with E-state index in [1.807, 2.05) is 31.6 Å². The Kier molecular flexibility index (Phi) is 3.65. The average molecular weight is 353 g/mol. The molecule has 2 aliphatic carbocycles. The summed E-state index contributed by atoms with van der Waals surface area (Å²) in [5.41, 5.74) is 2.28. The van der Waals surface area contributed by atoms with Gasteiger partial charge < -0.3 is 14.8 Å². The zero-order chi connectivity index (χ0) is 17.7. The predicted octanol–water partition coefficient (Wildman–Crippen LogP) is 2.56. The van der Waals surface area contributed by atoms with E-state index < -0.39 is 0 Å². The minimum Gasteiger partial charge on any atom is -0.486 e. The van der Waals surface area contributed by atoms with Crippen molar-refractivity contribution >= 4 is 5.91 Å². The van der Waals surface area contributed by atoms with E-state index in [1.54, 1.807) is 4.68 Å². The van der Waals surface area contributed by atoms with Crippen LogP contribution in [0.5, 0.6) is 11.5 Å². The Labute approximate surface area is 152 Å². The van der Waals surface area contributed by atoms with Crippen LogP contribution in [0.4, 0.5) is 0 Å². The number of aryl methyl sites for hydroxylation is 1. The number of rotatable bonds is 5. The molecular weight excluding hydrogens is 330 g/mol. The molecule has 6 heteroatoms. The first-order valence-corrected chi connectivity index (χ1v) is 9.37. The van der Waals surface area contributed by atoms with Crippen molar-refractivity contribution in [2.45, 2.75) is 31.2 Å². The van der Waals surface area contributed by atoms with Crippen molar-refractivity contribution in [1.29, 1.82) is 0 Å². The molecule has 0 bridgehead atoms. The molecule has 3 atom stereocenters. The summed E-state index contributed by atoms with van der Waals surface area (Å²) in [6.45, 7) is 1.17. The number of nitrogens with zero attached hydrogens (tertiary/aromatic N) is 2. The quantitative estimate of drug-likeness (QED) is 0.897. The lowest BCUT2D eigenvalue weighted by molar-refractivity contribution is -0.123. The zero-order valence-corrected chi connectivity index (χ0v) is 14.9. The molecule has 2 aromatic rings. The second kappa shape index (κ2) is 6.04. The van der Waals surface area contributed by atoms with Crippen LogP contribution in [0, 0.1) is 11.8 Å². The Hall–Kier alpha value is -2.50. The molecule has 2 fully saturated rings. The number of hydrogen-bond donors (Lipinski definition) is 1. The number of carbonyl (C=O) groups is 1. The van der Waals surface area contributed by atoms with Crippen molar-refractivity contribution in [2.75, 3.05) is 13.2 Å². The van der Waals surface area contributed by atoms with Crippen LogP contribution in [0.1, 0.15) is 42.3 Å². The SMILES string of the molecule is Cn1cc([C@@H]2C[C@@H]2C(=O)N[C@H](c2ccc3c(c2)OCCO3)C2CC2)cn1. The number of fused-ring (bicyclic) bond motifs is 1. The number of nitrogens with one attached hydrogen (secondary N) is 1. The monoisotopic (exact) mass is 353 g/mol. The lowest BCUT2D eigenvalue weighted by Gasteiger charge is -2.23. The molecule has 2 heterocycles. The summed E-state index contributed by atoms with van der Waals surface area (Å²) >= 11 is 0. The van der Waals surface area contributed by atoms with Crippen LogP contribution < -0.4 is 14.8 Å². The molecule has 0 saturated heterocycles. The third kappa shape index (κ3) is 2.93. The van der Waals surface area contributed by atoms with Gasteiger partial charge >= 0.3 is 0 Å². The van der Waals surface area contributed by atoms with E-state index in [4.69, 9.17) is 9.47 Å². The van der Waals surface area contributed by atoms with Crippen LogP contribution in [-0.4, -0.2) is 28.9 Å². The zero-order valence-electron chi connectivity index (χ0n) is 14.9. The van der Waals surface area contributed by atoms with Gasteiger partial charge in [-0.25, -0.2) is 0 Å². The number of ether oxygens (including phenoxy) is 2. The first-order chi connectivity index (χ1) is 12.7. The van der Waals surface area contributed by atoms with E-state index in [-0.39, 0.29) is 17.9 Å². The second-order valence-electron chi connectivity index (χ2n) is 7.62. The van der Waals surface area contributed by atoms with Crippen LogP contribution >= 0.6 is 0 Å². The van der Waals surface area contributed by atoms with Gasteiger partial charge in [-0.3, -0.25) is 9.48 Å². The number of carbonyl (C=O) groups excluding carboxylic acids is 1. The van der Waals surface area contributed by atoms with Gasteiger partial charge in [0.25, 0.3) is 0 Å². The molecule has 0 unspecified atom stereocenters. The topological polar surface area (TPSA) is 65.4 Å². The number of amides is 1. The van der Waals surface area contributed by atoms with Crippen molar-refractivity contribution < 1.29 is 14.3 Å². The van der Waals surface area contributed by atoms with Gasteiger partial charge in [-0.05, 0) is 54.4 Å². The smallest absolute Gasteiger partial charge is 0.224 e. The molecule has 6 nitrogen and oxygen atoms in total. The van der Waals surface area contributed by atoms with Gasteiger partial charge in [-0.1, -0.05) is 6.07 Å². The molecule has 1 aromatic carbocycles. The standard InChI is InChI=1S/C20H23N3O3/c1-23-11-14(10-21-23)15-9-16(15)20(24)22-19(12-2-3-12)13-4-5-17-18(8-13)26-7-6-25-17/h4-5,8,10-12,15-16,19H,2-3,6-7,9H2,1H3,(H,22,24)/t15-,16-,19-/m0/s1. The fourth-order valence-corrected chi connectivity index (χ4v) is 3.90. The van der Waals surface area contributed by atoms with E-state index in [2.05, 4.69) is 16.5 Å². The van der Waals surface area contributed by atoms with Gasteiger partial charge in [0.15, 0.2) is 11.5 Å². The number of aromatic nitrogens is 2. The highest BCUT2D eigenvalue weighted by atomic mass is 16.6. The van der Waals surface area contributed by atoms with Crippen LogP contribution in [0.2, 0.25) is 0 Å². The van der Waals surface area contributed by atoms with E-state index in [1.165, 1.54) is 0 Å². The van der Waals surface area contributed by atoms with Crippen molar-refractivity contribution in [3.8, 4) is 11.5 Å². The Balaban J connectivity index is 1.30. The molecule has 1 aromatic heterocycles. The molecule has 3 aliphatic rings. The van der Waals surface area contributed by atoms with Gasteiger partial charge in [0.2, 0.25) is 5.91 Å². The van der Waals surface area contributed by atoms with Gasteiger partial charge in [0.1, 0.15) is 13.2 Å². The van der Waals surface area contributed by atoms with Crippen molar-refractivity contribution in [3.05, 3.63) is 41.7 Å². The van der Waals surface area contributed by atoms with E-state index in [9.17, 15) is 4.79 Å². The molecule has 26 heavy (non-hydrogen) atoms. The van der Waals surface area contributed by atoms with Gasteiger partial charge in [0, 0.05) is 19.2 Å². The molecule has 5 rings (SSSR count). The summed E-state index contributed by atoms with van der Waals surface area (Å²) < 4.78 is 13.1. The van der Waals surface area contributed by atoms with Crippen molar-refractivity contribution in [3.63, 3.8) is 0 Å². The van der Waals surface area contributed by atoms with Crippen LogP contribution in [0.15, 0.2) is 30.6 Å². The highest BCUT2D eigenvalue weighted by Gasteiger charge is 2.46. The Morgan fingerprint density at radius 2 is 2.08 bits per heavy atom. The Morgan fingerprint density at radius 3 is 2.81 bits per heavy atom. The second-order valence-corrected chi connectivity index (χ2v) is 7.62. The minimum absolute atomic E-state index is 0.0634. The van der Waals surface area contributed by atoms with Crippen LogP contribution in [-0.2, 0) is 11.8 Å². The highest BCUT2D eigenvalue weighted by molar-refractivity contribution is 5.83. The van der Waals surface area contributed by atoms with E-state index in [0.29, 0.717) is 25.0 Å². The number of hydrogen-bond acceptors (Lipinski definition) is 4. The molecule has 0 radical (unpaired) electrons. The third-order valence-corrected chi connectivity index (χ3v) is 5.60. The molecule has 136 valence electrons. The lowest BCUT2D eigenvalue weighted by atomic mass is 10.0. The minimum atomic E-state index is 0.0634. The fourth-order valence-electron chi connectivity index (χ4n) is 3.90. The maximum atomic E-state index is 12.8. The van der Waals surface area contributed by atoms with E-state index in [0.717, 1.165) is 41.9 Å². The summed E-state index contributed by atoms with van der Waals surface area (Å²) in [7, 11) is 1.91. The van der Waals surface area contributed by atoms with Gasteiger partial charge in [-0.2, -0.15) is 5.10 Å². The summed E-state index contributed by atoms with van der Waals surface area (Å²) in [6, 6.07) is 6.11. The molecule has 2 saturated carbocycles. The van der Waals surface area contributed by atoms with Gasteiger partial charge in [-0.15, -0.1) is 0 Å². The highest BCUT2D eigenvalue weighted by Crippen LogP contribution is 2.49. The summed E-state index contributed by atoms with van der Waals surface area (Å²) in [5.74, 6) is 2.64. The lowest BCUT2D eigenvalue weighted by Crippen LogP contribution is -2.31. The first-order valence-electron chi connectivity index (χ1n) is 9.37. The first kappa shape index (κ1) is 15.7. The molecular formula is C20H23N3O3. The molecule has 1 amide bonds. The number of benzene rings is 1. The summed E-state index contributed by atoms with van der Waals surface area (Å²) in [5, 5.41) is 7.53. The predicted molar refractivity (Wildman–Crippen MR) is 95.1 cm³/mol. The normalized spacial score (nSPS) is 24.8. The summed E-state index contributed by atoms with van der Waals surface area (Å²) in [4.78, 5) is 12.8. The van der Waals surface area contributed by atoms with Gasteiger partial charge in [0.05, 0.1) is 12.2 Å². The maximum absolute atomic E-state index is 12.8. The third-order valence-electron chi connectivity index (χ3n) is 5.60. The summed E-state index contributed by atoms with van der Waals surface area (Å²) in [6.07, 6.45) is 7.12. The van der Waals surface area contributed by atoms with Crippen LogP contribution in [0.25, 0.3) is 0 Å². The molecule has 1 N–H and O–H groups in total. The molecule has 0 spiro atoms. The fraction of sp³-hybridized carbons (Fsp3) is 0.500. The Morgan fingerprint density at radius 1 is 1.27 bits per heavy atom. The average Bonchev–Trinajstić information content (AvgIpc) is 3.58. The van der Waals surface area contributed by atoms with Crippen molar-refractivity contribution in [2.24, 2.45) is 18.9 Å².